The smallest absolute Gasteiger partial charge is 0.266 e. The summed E-state index contributed by atoms with van der Waals surface area (Å²) in [5, 5.41) is 12.4. The van der Waals surface area contributed by atoms with Crippen molar-refractivity contribution in [1.29, 1.82) is 5.26 Å². The van der Waals surface area contributed by atoms with Gasteiger partial charge in [0.05, 0.1) is 0 Å². The van der Waals surface area contributed by atoms with E-state index in [0.29, 0.717) is 19.6 Å². The zero-order chi connectivity index (χ0) is 21.7. The van der Waals surface area contributed by atoms with Crippen LogP contribution in [0.5, 0.6) is 0 Å². The molecule has 0 aliphatic carbocycles. The molecule has 3 rings (SSSR count). The fourth-order valence-corrected chi connectivity index (χ4v) is 5.14. The SMILES string of the molecule is Cc1oc(-c2nc(C#N)c(NCCCN(C)C)o2)cc1S(=O)(=O)N1CCCCCC1. The van der Waals surface area contributed by atoms with Crippen molar-refractivity contribution in [2.45, 2.75) is 43.9 Å². The van der Waals surface area contributed by atoms with Crippen molar-refractivity contribution in [2.24, 2.45) is 0 Å². The van der Waals surface area contributed by atoms with Crippen molar-refractivity contribution in [3.05, 3.63) is 17.5 Å². The number of furan rings is 1. The minimum absolute atomic E-state index is 0.0853. The van der Waals surface area contributed by atoms with Crippen molar-refractivity contribution in [2.75, 3.05) is 45.6 Å². The number of nitriles is 1. The van der Waals surface area contributed by atoms with E-state index in [0.717, 1.165) is 38.6 Å². The van der Waals surface area contributed by atoms with Gasteiger partial charge in [-0.3, -0.25) is 0 Å². The molecule has 0 spiro atoms. The summed E-state index contributed by atoms with van der Waals surface area (Å²) in [6.45, 7) is 4.16. The van der Waals surface area contributed by atoms with E-state index in [-0.39, 0.29) is 33.9 Å². The third-order valence-corrected chi connectivity index (χ3v) is 7.07. The van der Waals surface area contributed by atoms with Crippen LogP contribution in [-0.4, -0.2) is 62.9 Å². The van der Waals surface area contributed by atoms with Crippen LogP contribution in [0.3, 0.4) is 0 Å². The van der Waals surface area contributed by atoms with Gasteiger partial charge in [-0.2, -0.15) is 14.6 Å². The van der Waals surface area contributed by atoms with Gasteiger partial charge in [0, 0.05) is 25.7 Å². The Bertz CT molecular complexity index is 995. The Labute approximate surface area is 177 Å². The van der Waals surface area contributed by atoms with Crippen LogP contribution in [0.25, 0.3) is 11.7 Å². The maximum Gasteiger partial charge on any atom is 0.266 e. The van der Waals surface area contributed by atoms with Crippen molar-refractivity contribution in [1.82, 2.24) is 14.2 Å². The van der Waals surface area contributed by atoms with E-state index < -0.39 is 10.0 Å². The lowest BCUT2D eigenvalue weighted by Crippen LogP contribution is -2.32. The van der Waals surface area contributed by atoms with Gasteiger partial charge in [0.2, 0.25) is 21.6 Å². The van der Waals surface area contributed by atoms with Gasteiger partial charge in [-0.25, -0.2) is 8.42 Å². The molecule has 0 bridgehead atoms. The molecule has 164 valence electrons. The summed E-state index contributed by atoms with van der Waals surface area (Å²) < 4.78 is 39.1. The van der Waals surface area contributed by atoms with Crippen LogP contribution in [0.15, 0.2) is 19.8 Å². The Balaban J connectivity index is 1.81. The third-order valence-electron chi connectivity index (χ3n) is 5.07. The topological polar surface area (TPSA) is 116 Å². The van der Waals surface area contributed by atoms with Crippen molar-refractivity contribution < 1.29 is 17.3 Å². The first-order valence-electron chi connectivity index (χ1n) is 10.2. The molecule has 2 aromatic rings. The standard InChI is InChI=1S/C20H29N5O4S/c1-15-18(30(26,27)25-11-6-4-5-7-12-25)13-17(28-15)20-23-16(14-21)19(29-20)22-9-8-10-24(2)3/h13,22H,4-12H2,1-3H3. The molecular formula is C20H29N5O4S. The van der Waals surface area contributed by atoms with E-state index in [4.69, 9.17) is 8.83 Å². The van der Waals surface area contributed by atoms with Gasteiger partial charge in [0.25, 0.3) is 5.89 Å². The maximum absolute atomic E-state index is 13.1. The molecule has 1 saturated heterocycles. The first-order valence-corrected chi connectivity index (χ1v) is 11.7. The van der Waals surface area contributed by atoms with E-state index in [9.17, 15) is 13.7 Å². The number of oxazole rings is 1. The molecule has 30 heavy (non-hydrogen) atoms. The molecule has 1 N–H and O–H groups in total. The second-order valence-corrected chi connectivity index (χ2v) is 9.65. The molecule has 0 amide bonds. The normalized spacial score (nSPS) is 15.8. The highest BCUT2D eigenvalue weighted by atomic mass is 32.2. The summed E-state index contributed by atoms with van der Waals surface area (Å²) in [5.74, 6) is 0.824. The van der Waals surface area contributed by atoms with Crippen molar-refractivity contribution >= 4 is 15.9 Å². The molecular weight excluding hydrogens is 406 g/mol. The second kappa shape index (κ2) is 9.64. The molecule has 0 radical (unpaired) electrons. The highest BCUT2D eigenvalue weighted by Crippen LogP contribution is 2.32. The number of hydrogen-bond donors (Lipinski definition) is 1. The summed E-state index contributed by atoms with van der Waals surface area (Å²) in [6.07, 6.45) is 4.67. The van der Waals surface area contributed by atoms with Gasteiger partial charge in [-0.1, -0.05) is 12.8 Å². The fourth-order valence-electron chi connectivity index (χ4n) is 3.47. The van der Waals surface area contributed by atoms with Crippen LogP contribution in [0, 0.1) is 18.3 Å². The zero-order valence-electron chi connectivity index (χ0n) is 17.8. The van der Waals surface area contributed by atoms with Gasteiger partial charge in [-0.15, -0.1) is 0 Å². The largest absolute Gasteiger partial charge is 0.455 e. The molecule has 1 fully saturated rings. The Morgan fingerprint density at radius 2 is 1.93 bits per heavy atom. The zero-order valence-corrected chi connectivity index (χ0v) is 18.6. The van der Waals surface area contributed by atoms with E-state index in [1.165, 1.54) is 10.4 Å². The van der Waals surface area contributed by atoms with E-state index in [2.05, 4.69) is 15.2 Å². The van der Waals surface area contributed by atoms with Gasteiger partial charge < -0.3 is 19.1 Å². The van der Waals surface area contributed by atoms with Crippen LogP contribution in [-0.2, 0) is 10.0 Å². The number of aryl methyl sites for hydroxylation is 1. The highest BCUT2D eigenvalue weighted by Gasteiger charge is 2.30. The van der Waals surface area contributed by atoms with Crippen LogP contribution in [0.4, 0.5) is 5.88 Å². The number of sulfonamides is 1. The lowest BCUT2D eigenvalue weighted by atomic mass is 10.2. The van der Waals surface area contributed by atoms with Gasteiger partial charge >= 0.3 is 0 Å². The van der Waals surface area contributed by atoms with Crippen LogP contribution in [0.2, 0.25) is 0 Å². The summed E-state index contributed by atoms with van der Waals surface area (Å²) >= 11 is 0. The fraction of sp³-hybridized carbons (Fsp3) is 0.600. The number of nitrogens with zero attached hydrogens (tertiary/aromatic N) is 4. The quantitative estimate of drug-likeness (QED) is 0.629. The minimum atomic E-state index is -3.65. The molecule has 0 atom stereocenters. The monoisotopic (exact) mass is 435 g/mol. The van der Waals surface area contributed by atoms with E-state index in [1.807, 2.05) is 20.2 Å². The first-order chi connectivity index (χ1) is 14.3. The number of anilines is 1. The van der Waals surface area contributed by atoms with Gasteiger partial charge in [0.1, 0.15) is 16.7 Å². The first kappa shape index (κ1) is 22.3. The number of hydrogen-bond acceptors (Lipinski definition) is 8. The second-order valence-electron chi connectivity index (χ2n) is 7.74. The average molecular weight is 436 g/mol. The predicted molar refractivity (Wildman–Crippen MR) is 113 cm³/mol. The van der Waals surface area contributed by atoms with E-state index >= 15 is 0 Å². The Kier molecular flexibility index (Phi) is 7.18. The van der Waals surface area contributed by atoms with Crippen LogP contribution in [0.1, 0.15) is 43.6 Å². The summed E-state index contributed by atoms with van der Waals surface area (Å²) in [6, 6.07) is 3.44. The maximum atomic E-state index is 13.1. The average Bonchev–Trinajstić information content (AvgIpc) is 3.17. The van der Waals surface area contributed by atoms with Gasteiger partial charge in [-0.05, 0) is 46.8 Å². The predicted octanol–water partition coefficient (Wildman–Crippen LogP) is 3.04. The van der Waals surface area contributed by atoms with Crippen LogP contribution < -0.4 is 5.32 Å². The summed E-state index contributed by atoms with van der Waals surface area (Å²) in [5.41, 5.74) is 0.112. The Hall–Kier alpha value is -2.35. The lowest BCUT2D eigenvalue weighted by molar-refractivity contribution is 0.404. The molecule has 9 nitrogen and oxygen atoms in total. The molecule has 3 heterocycles. The van der Waals surface area contributed by atoms with E-state index in [1.54, 1.807) is 6.92 Å². The highest BCUT2D eigenvalue weighted by molar-refractivity contribution is 7.89. The number of nitrogens with one attached hydrogen (secondary N) is 1. The molecule has 0 aromatic carbocycles. The molecule has 0 saturated carbocycles. The molecule has 10 heteroatoms. The van der Waals surface area contributed by atoms with Crippen LogP contribution >= 0.6 is 0 Å². The molecule has 1 aliphatic heterocycles. The minimum Gasteiger partial charge on any atom is -0.455 e. The number of aromatic nitrogens is 1. The third kappa shape index (κ3) is 5.03. The number of rotatable bonds is 8. The van der Waals surface area contributed by atoms with Gasteiger partial charge in [0.15, 0.2) is 5.76 Å². The summed E-state index contributed by atoms with van der Waals surface area (Å²) in [4.78, 5) is 6.36. The molecule has 2 aromatic heterocycles. The molecule has 0 unspecified atom stereocenters. The molecule has 1 aliphatic rings. The Morgan fingerprint density at radius 1 is 1.23 bits per heavy atom. The summed E-state index contributed by atoms with van der Waals surface area (Å²) in [7, 11) is 0.327. The van der Waals surface area contributed by atoms with Crippen molar-refractivity contribution in [3.63, 3.8) is 0 Å². The lowest BCUT2D eigenvalue weighted by Gasteiger charge is -2.19. The van der Waals surface area contributed by atoms with Crippen molar-refractivity contribution in [3.8, 4) is 17.7 Å². The Morgan fingerprint density at radius 3 is 2.57 bits per heavy atom.